The van der Waals surface area contributed by atoms with Crippen LogP contribution in [-0.2, 0) is 11.2 Å². The Morgan fingerprint density at radius 1 is 1.11 bits per heavy atom. The van der Waals surface area contributed by atoms with Gasteiger partial charge in [0.2, 0.25) is 5.91 Å². The van der Waals surface area contributed by atoms with Gasteiger partial charge >= 0.3 is 0 Å². The SMILES string of the molecule is Cl.Cl.NC(CNC(=O)C(Cc1ccccc1)NC(=O)c1cccnc1)C1CC1. The lowest BCUT2D eigenvalue weighted by atomic mass is 10.0. The first-order valence-corrected chi connectivity index (χ1v) is 8.91. The van der Waals surface area contributed by atoms with Gasteiger partial charge in [-0.2, -0.15) is 0 Å². The smallest absolute Gasteiger partial charge is 0.253 e. The van der Waals surface area contributed by atoms with Crippen molar-refractivity contribution in [3.05, 3.63) is 66.0 Å². The zero-order valence-corrected chi connectivity index (χ0v) is 17.0. The molecule has 2 atom stereocenters. The Hall–Kier alpha value is -2.15. The van der Waals surface area contributed by atoms with Crippen molar-refractivity contribution in [2.24, 2.45) is 11.7 Å². The molecule has 28 heavy (non-hydrogen) atoms. The van der Waals surface area contributed by atoms with Gasteiger partial charge in [0.15, 0.2) is 0 Å². The number of rotatable bonds is 8. The van der Waals surface area contributed by atoms with E-state index in [2.05, 4.69) is 15.6 Å². The van der Waals surface area contributed by atoms with Gasteiger partial charge in [-0.15, -0.1) is 24.8 Å². The number of hydrogen-bond donors (Lipinski definition) is 3. The minimum atomic E-state index is -0.670. The van der Waals surface area contributed by atoms with Crippen molar-refractivity contribution in [2.45, 2.75) is 31.3 Å². The first-order chi connectivity index (χ1) is 12.6. The van der Waals surface area contributed by atoms with E-state index in [1.807, 2.05) is 30.3 Å². The number of hydrogen-bond acceptors (Lipinski definition) is 4. The molecule has 1 aliphatic rings. The molecular formula is C20H26Cl2N4O2. The highest BCUT2D eigenvalue weighted by molar-refractivity contribution is 5.97. The molecule has 0 spiro atoms. The maximum Gasteiger partial charge on any atom is 0.253 e. The van der Waals surface area contributed by atoms with E-state index in [9.17, 15) is 9.59 Å². The molecular weight excluding hydrogens is 399 g/mol. The van der Waals surface area contributed by atoms with Crippen LogP contribution in [-0.4, -0.2) is 35.4 Å². The number of pyridine rings is 1. The fraction of sp³-hybridized carbons (Fsp3) is 0.350. The van der Waals surface area contributed by atoms with E-state index in [4.69, 9.17) is 5.73 Å². The molecule has 2 amide bonds. The predicted molar refractivity (Wildman–Crippen MR) is 114 cm³/mol. The van der Waals surface area contributed by atoms with Gasteiger partial charge in [0, 0.05) is 31.4 Å². The average Bonchev–Trinajstić information content (AvgIpc) is 3.52. The van der Waals surface area contributed by atoms with Crippen LogP contribution >= 0.6 is 24.8 Å². The van der Waals surface area contributed by atoms with Crippen molar-refractivity contribution in [3.8, 4) is 0 Å². The van der Waals surface area contributed by atoms with Crippen molar-refractivity contribution in [1.29, 1.82) is 0 Å². The molecule has 0 aliphatic heterocycles. The number of carbonyl (C=O) groups excluding carboxylic acids is 2. The van der Waals surface area contributed by atoms with Gasteiger partial charge in [-0.05, 0) is 36.5 Å². The van der Waals surface area contributed by atoms with Crippen LogP contribution in [0.2, 0.25) is 0 Å². The van der Waals surface area contributed by atoms with Crippen LogP contribution in [0.15, 0.2) is 54.9 Å². The average molecular weight is 425 g/mol. The van der Waals surface area contributed by atoms with E-state index >= 15 is 0 Å². The summed E-state index contributed by atoms with van der Waals surface area (Å²) in [5.41, 5.74) is 7.46. The molecule has 2 aromatic rings. The quantitative estimate of drug-likeness (QED) is 0.604. The number of halogens is 2. The zero-order valence-electron chi connectivity index (χ0n) is 15.4. The van der Waals surface area contributed by atoms with Crippen LogP contribution < -0.4 is 16.4 Å². The van der Waals surface area contributed by atoms with Crippen LogP contribution in [0, 0.1) is 5.92 Å². The molecule has 1 saturated carbocycles. The summed E-state index contributed by atoms with van der Waals surface area (Å²) in [6, 6.07) is 12.3. The van der Waals surface area contributed by atoms with E-state index in [1.54, 1.807) is 18.3 Å². The van der Waals surface area contributed by atoms with Crippen LogP contribution in [0.3, 0.4) is 0 Å². The lowest BCUT2D eigenvalue weighted by molar-refractivity contribution is -0.123. The maximum atomic E-state index is 12.7. The number of amides is 2. The van der Waals surface area contributed by atoms with Gasteiger partial charge in [-0.1, -0.05) is 30.3 Å². The second-order valence-electron chi connectivity index (χ2n) is 6.70. The van der Waals surface area contributed by atoms with Crippen LogP contribution in [0.4, 0.5) is 0 Å². The number of benzene rings is 1. The summed E-state index contributed by atoms with van der Waals surface area (Å²) in [6.07, 6.45) is 5.75. The Labute approximate surface area is 177 Å². The Kier molecular flexibility index (Phi) is 9.93. The van der Waals surface area contributed by atoms with E-state index in [0.717, 1.165) is 18.4 Å². The number of nitrogens with one attached hydrogen (secondary N) is 2. The van der Waals surface area contributed by atoms with Crippen LogP contribution in [0.1, 0.15) is 28.8 Å². The molecule has 0 bridgehead atoms. The third kappa shape index (κ3) is 7.11. The fourth-order valence-electron chi connectivity index (χ4n) is 2.83. The molecule has 8 heteroatoms. The molecule has 1 heterocycles. The fourth-order valence-corrected chi connectivity index (χ4v) is 2.83. The largest absolute Gasteiger partial charge is 0.353 e. The van der Waals surface area contributed by atoms with Gasteiger partial charge in [0.1, 0.15) is 6.04 Å². The summed E-state index contributed by atoms with van der Waals surface area (Å²) in [7, 11) is 0. The Bertz CT molecular complexity index is 742. The summed E-state index contributed by atoms with van der Waals surface area (Å²) in [6.45, 7) is 0.428. The molecule has 2 unspecified atom stereocenters. The minimum Gasteiger partial charge on any atom is -0.353 e. The van der Waals surface area contributed by atoms with Gasteiger partial charge in [0.05, 0.1) is 5.56 Å². The van der Waals surface area contributed by atoms with Gasteiger partial charge in [0.25, 0.3) is 5.91 Å². The highest BCUT2D eigenvalue weighted by Crippen LogP contribution is 2.31. The molecule has 1 aromatic heterocycles. The minimum absolute atomic E-state index is 0. The van der Waals surface area contributed by atoms with Crippen LogP contribution in [0.25, 0.3) is 0 Å². The molecule has 152 valence electrons. The van der Waals surface area contributed by atoms with Crippen molar-refractivity contribution in [2.75, 3.05) is 6.54 Å². The number of carbonyl (C=O) groups is 2. The Morgan fingerprint density at radius 3 is 2.43 bits per heavy atom. The second kappa shape index (κ2) is 11.6. The molecule has 4 N–H and O–H groups in total. The molecule has 0 saturated heterocycles. The van der Waals surface area contributed by atoms with Gasteiger partial charge < -0.3 is 16.4 Å². The highest BCUT2D eigenvalue weighted by Gasteiger charge is 2.29. The first-order valence-electron chi connectivity index (χ1n) is 8.91. The van der Waals surface area contributed by atoms with Gasteiger partial charge in [-0.25, -0.2) is 0 Å². The summed E-state index contributed by atoms with van der Waals surface area (Å²) in [5.74, 6) is -0.0317. The third-order valence-corrected chi connectivity index (χ3v) is 4.57. The maximum absolute atomic E-state index is 12.7. The zero-order chi connectivity index (χ0) is 18.4. The Balaban J connectivity index is 0.00000196. The standard InChI is InChI=1S/C20H24N4O2.2ClH/c21-17(15-8-9-15)13-23-20(26)18(11-14-5-2-1-3-6-14)24-19(25)16-7-4-10-22-12-16;;/h1-7,10,12,15,17-18H,8-9,11,13,21H2,(H,23,26)(H,24,25);2*1H. The molecule has 3 rings (SSSR count). The summed E-state index contributed by atoms with van der Waals surface area (Å²) in [5, 5.41) is 5.71. The second-order valence-corrected chi connectivity index (χ2v) is 6.70. The van der Waals surface area contributed by atoms with E-state index in [1.165, 1.54) is 6.20 Å². The van der Waals surface area contributed by atoms with Crippen molar-refractivity contribution >= 4 is 36.6 Å². The van der Waals surface area contributed by atoms with Crippen molar-refractivity contribution in [1.82, 2.24) is 15.6 Å². The lowest BCUT2D eigenvalue weighted by Crippen LogP contribution is -2.50. The topological polar surface area (TPSA) is 97.1 Å². The predicted octanol–water partition coefficient (Wildman–Crippen LogP) is 2.12. The van der Waals surface area contributed by atoms with E-state index in [0.29, 0.717) is 24.4 Å². The lowest BCUT2D eigenvalue weighted by Gasteiger charge is -2.20. The van der Waals surface area contributed by atoms with E-state index in [-0.39, 0.29) is 42.7 Å². The third-order valence-electron chi connectivity index (χ3n) is 4.57. The normalized spacial score (nSPS) is 14.6. The van der Waals surface area contributed by atoms with Crippen molar-refractivity contribution in [3.63, 3.8) is 0 Å². The number of nitrogens with two attached hydrogens (primary N) is 1. The monoisotopic (exact) mass is 424 g/mol. The molecule has 1 fully saturated rings. The highest BCUT2D eigenvalue weighted by atomic mass is 35.5. The number of aromatic nitrogens is 1. The number of nitrogens with zero attached hydrogens (tertiary/aromatic N) is 1. The summed E-state index contributed by atoms with van der Waals surface area (Å²) >= 11 is 0. The molecule has 0 radical (unpaired) electrons. The molecule has 6 nitrogen and oxygen atoms in total. The van der Waals surface area contributed by atoms with Crippen molar-refractivity contribution < 1.29 is 9.59 Å². The first kappa shape index (κ1) is 23.9. The van der Waals surface area contributed by atoms with E-state index < -0.39 is 6.04 Å². The molecule has 1 aliphatic carbocycles. The molecule has 1 aromatic carbocycles. The van der Waals surface area contributed by atoms with Crippen LogP contribution in [0.5, 0.6) is 0 Å². The summed E-state index contributed by atoms with van der Waals surface area (Å²) < 4.78 is 0. The summed E-state index contributed by atoms with van der Waals surface area (Å²) in [4.78, 5) is 29.1. The Morgan fingerprint density at radius 2 is 1.82 bits per heavy atom. The van der Waals surface area contributed by atoms with Gasteiger partial charge in [-0.3, -0.25) is 14.6 Å².